The molecule has 14 heavy (non-hydrogen) atoms. The topological polar surface area (TPSA) is 37.3 Å². The first-order valence-corrected chi connectivity index (χ1v) is 4.88. The van der Waals surface area contributed by atoms with Crippen LogP contribution >= 0.6 is 0 Å². The monoisotopic (exact) mass is 190 g/mol. The van der Waals surface area contributed by atoms with Gasteiger partial charge in [0.1, 0.15) is 0 Å². The molecule has 2 unspecified atom stereocenters. The van der Waals surface area contributed by atoms with E-state index in [9.17, 15) is 9.90 Å². The standard InChI is InChI=1S/C12H14O2/c1-8-7-9-5-3-4-6-10(9)12(8,2)11(13)14/h3-6,8H,7H2,1-2H3,(H,13,14). The second kappa shape index (κ2) is 2.84. The lowest BCUT2D eigenvalue weighted by molar-refractivity contribution is -0.144. The van der Waals surface area contributed by atoms with Crippen LogP contribution in [-0.4, -0.2) is 11.1 Å². The van der Waals surface area contributed by atoms with Gasteiger partial charge in [-0.2, -0.15) is 0 Å². The molecule has 2 heteroatoms. The lowest BCUT2D eigenvalue weighted by Crippen LogP contribution is -2.35. The molecule has 74 valence electrons. The fraction of sp³-hybridized carbons (Fsp3) is 0.417. The third-order valence-corrected chi connectivity index (χ3v) is 3.53. The molecule has 0 amide bonds. The molecule has 1 aliphatic carbocycles. The summed E-state index contributed by atoms with van der Waals surface area (Å²) in [7, 11) is 0. The molecule has 0 fully saturated rings. The Morgan fingerprint density at radius 2 is 2.14 bits per heavy atom. The molecule has 0 saturated carbocycles. The van der Waals surface area contributed by atoms with Gasteiger partial charge in [0.15, 0.2) is 0 Å². The molecule has 2 atom stereocenters. The van der Waals surface area contributed by atoms with Gasteiger partial charge < -0.3 is 5.11 Å². The van der Waals surface area contributed by atoms with Crippen molar-refractivity contribution in [2.75, 3.05) is 0 Å². The van der Waals surface area contributed by atoms with Gasteiger partial charge in [-0.3, -0.25) is 4.79 Å². The Balaban J connectivity index is 2.60. The molecule has 1 aromatic rings. The third kappa shape index (κ3) is 0.999. The predicted molar refractivity (Wildman–Crippen MR) is 54.3 cm³/mol. The minimum atomic E-state index is -0.713. The van der Waals surface area contributed by atoms with E-state index in [4.69, 9.17) is 0 Å². The molecule has 1 aromatic carbocycles. The Hall–Kier alpha value is -1.31. The first kappa shape index (κ1) is 9.25. The van der Waals surface area contributed by atoms with Crippen molar-refractivity contribution in [3.05, 3.63) is 35.4 Å². The van der Waals surface area contributed by atoms with Crippen molar-refractivity contribution in [1.82, 2.24) is 0 Å². The highest BCUT2D eigenvalue weighted by Gasteiger charge is 2.46. The number of benzene rings is 1. The molecule has 0 radical (unpaired) electrons. The maximum atomic E-state index is 11.3. The highest BCUT2D eigenvalue weighted by atomic mass is 16.4. The number of carboxylic acid groups (broad SMARTS) is 1. The Labute approximate surface area is 83.6 Å². The van der Waals surface area contributed by atoms with Crippen molar-refractivity contribution in [2.45, 2.75) is 25.7 Å². The lowest BCUT2D eigenvalue weighted by atomic mass is 9.78. The number of carbonyl (C=O) groups is 1. The van der Waals surface area contributed by atoms with Crippen LogP contribution < -0.4 is 0 Å². The maximum absolute atomic E-state index is 11.3. The van der Waals surface area contributed by atoms with Gasteiger partial charge in [0.2, 0.25) is 0 Å². The van der Waals surface area contributed by atoms with Crippen LogP contribution in [0.25, 0.3) is 0 Å². The van der Waals surface area contributed by atoms with Crippen molar-refractivity contribution in [3.8, 4) is 0 Å². The number of carboxylic acids is 1. The normalized spacial score (nSPS) is 30.0. The van der Waals surface area contributed by atoms with Gasteiger partial charge in [-0.1, -0.05) is 31.2 Å². The number of fused-ring (bicyclic) bond motifs is 1. The zero-order chi connectivity index (χ0) is 10.3. The molecule has 1 N–H and O–H groups in total. The number of aliphatic carboxylic acids is 1. The van der Waals surface area contributed by atoms with E-state index in [-0.39, 0.29) is 5.92 Å². The summed E-state index contributed by atoms with van der Waals surface area (Å²) in [5, 5.41) is 9.29. The van der Waals surface area contributed by atoms with E-state index in [1.54, 1.807) is 0 Å². The fourth-order valence-corrected chi connectivity index (χ4v) is 2.33. The summed E-state index contributed by atoms with van der Waals surface area (Å²) >= 11 is 0. The predicted octanol–water partition coefficient (Wildman–Crippen LogP) is 2.22. The van der Waals surface area contributed by atoms with E-state index in [0.29, 0.717) is 0 Å². The molecule has 0 aliphatic heterocycles. The van der Waals surface area contributed by atoms with Crippen LogP contribution in [0.3, 0.4) is 0 Å². The van der Waals surface area contributed by atoms with Crippen molar-refractivity contribution < 1.29 is 9.90 Å². The molecule has 0 aromatic heterocycles. The quantitative estimate of drug-likeness (QED) is 0.737. The fourth-order valence-electron chi connectivity index (χ4n) is 2.33. The van der Waals surface area contributed by atoms with Crippen molar-refractivity contribution in [3.63, 3.8) is 0 Å². The Morgan fingerprint density at radius 1 is 1.50 bits per heavy atom. The molecule has 0 bridgehead atoms. The third-order valence-electron chi connectivity index (χ3n) is 3.53. The van der Waals surface area contributed by atoms with E-state index >= 15 is 0 Å². The average Bonchev–Trinajstić information content (AvgIpc) is 2.41. The van der Waals surface area contributed by atoms with Gasteiger partial charge in [-0.05, 0) is 30.4 Å². The molecule has 2 nitrogen and oxygen atoms in total. The molecule has 0 saturated heterocycles. The maximum Gasteiger partial charge on any atom is 0.314 e. The molecule has 1 aliphatic rings. The summed E-state index contributed by atoms with van der Waals surface area (Å²) in [5.41, 5.74) is 1.47. The molecular formula is C12H14O2. The zero-order valence-electron chi connectivity index (χ0n) is 8.45. The second-order valence-corrected chi connectivity index (χ2v) is 4.27. The van der Waals surface area contributed by atoms with Crippen LogP contribution in [0.1, 0.15) is 25.0 Å². The highest BCUT2D eigenvalue weighted by Crippen LogP contribution is 2.42. The summed E-state index contributed by atoms with van der Waals surface area (Å²) in [5.74, 6) is -0.535. The SMILES string of the molecule is CC1Cc2ccccc2C1(C)C(=O)O. The smallest absolute Gasteiger partial charge is 0.314 e. The summed E-state index contributed by atoms with van der Waals surface area (Å²) in [6, 6.07) is 7.85. The van der Waals surface area contributed by atoms with E-state index in [1.807, 2.05) is 38.1 Å². The highest BCUT2D eigenvalue weighted by molar-refractivity contribution is 5.83. The van der Waals surface area contributed by atoms with Gasteiger partial charge in [0, 0.05) is 0 Å². The number of hydrogen-bond donors (Lipinski definition) is 1. The van der Waals surface area contributed by atoms with E-state index < -0.39 is 11.4 Å². The van der Waals surface area contributed by atoms with Crippen LogP contribution in [0.15, 0.2) is 24.3 Å². The number of rotatable bonds is 1. The largest absolute Gasteiger partial charge is 0.481 e. The minimum absolute atomic E-state index is 0.178. The molecule has 0 heterocycles. The Kier molecular flexibility index (Phi) is 1.88. The van der Waals surface area contributed by atoms with Crippen LogP contribution in [-0.2, 0) is 16.6 Å². The van der Waals surface area contributed by atoms with E-state index in [2.05, 4.69) is 0 Å². The molecule has 2 rings (SSSR count). The first-order chi connectivity index (χ1) is 6.56. The van der Waals surface area contributed by atoms with Crippen molar-refractivity contribution in [1.29, 1.82) is 0 Å². The summed E-state index contributed by atoms with van der Waals surface area (Å²) in [6.07, 6.45) is 0.874. The Bertz CT molecular complexity index is 384. The zero-order valence-corrected chi connectivity index (χ0v) is 8.45. The lowest BCUT2D eigenvalue weighted by Gasteiger charge is -2.25. The summed E-state index contributed by atoms with van der Waals surface area (Å²) in [4.78, 5) is 11.3. The average molecular weight is 190 g/mol. The van der Waals surface area contributed by atoms with Gasteiger partial charge >= 0.3 is 5.97 Å². The first-order valence-electron chi connectivity index (χ1n) is 4.88. The molecular weight excluding hydrogens is 176 g/mol. The molecule has 0 spiro atoms. The minimum Gasteiger partial charge on any atom is -0.481 e. The van der Waals surface area contributed by atoms with E-state index in [1.165, 1.54) is 5.56 Å². The second-order valence-electron chi connectivity index (χ2n) is 4.27. The van der Waals surface area contributed by atoms with Crippen LogP contribution in [0.4, 0.5) is 0 Å². The van der Waals surface area contributed by atoms with Crippen molar-refractivity contribution >= 4 is 5.97 Å². The van der Waals surface area contributed by atoms with Crippen molar-refractivity contribution in [2.24, 2.45) is 5.92 Å². The van der Waals surface area contributed by atoms with Crippen LogP contribution in [0.5, 0.6) is 0 Å². The van der Waals surface area contributed by atoms with Crippen LogP contribution in [0, 0.1) is 5.92 Å². The van der Waals surface area contributed by atoms with Gasteiger partial charge in [0.05, 0.1) is 5.41 Å². The summed E-state index contributed by atoms with van der Waals surface area (Å²) < 4.78 is 0. The Morgan fingerprint density at radius 3 is 2.79 bits per heavy atom. The number of hydrogen-bond acceptors (Lipinski definition) is 1. The van der Waals surface area contributed by atoms with Gasteiger partial charge in [0.25, 0.3) is 0 Å². The summed E-state index contributed by atoms with van der Waals surface area (Å²) in [6.45, 7) is 3.83. The van der Waals surface area contributed by atoms with Gasteiger partial charge in [-0.15, -0.1) is 0 Å². The van der Waals surface area contributed by atoms with Gasteiger partial charge in [-0.25, -0.2) is 0 Å². The van der Waals surface area contributed by atoms with Crippen LogP contribution in [0.2, 0.25) is 0 Å². The van der Waals surface area contributed by atoms with E-state index in [0.717, 1.165) is 12.0 Å².